The molecule has 0 heterocycles. The number of aliphatic hydroxyl groups is 1. The summed E-state index contributed by atoms with van der Waals surface area (Å²) in [5.41, 5.74) is 1.21. The largest absolute Gasteiger partial charge is 0.386 e. The van der Waals surface area contributed by atoms with Gasteiger partial charge < -0.3 is 5.11 Å². The highest BCUT2D eigenvalue weighted by Gasteiger charge is 2.20. The Morgan fingerprint density at radius 1 is 1.23 bits per heavy atom. The minimum Gasteiger partial charge on any atom is -0.386 e. The summed E-state index contributed by atoms with van der Waals surface area (Å²) in [7, 11) is 0. The monoisotopic (exact) mass is 306 g/mol. The van der Waals surface area contributed by atoms with Crippen molar-refractivity contribution in [1.82, 2.24) is 0 Å². The smallest absolute Gasteiger partial charge is 0.0851 e. The van der Waals surface area contributed by atoms with Crippen LogP contribution in [-0.2, 0) is 5.60 Å². The average molecular weight is 308 g/mol. The molecular weight excluding hydrogens is 296 g/mol. The maximum atomic E-state index is 9.87. The molecule has 0 aliphatic heterocycles. The fourth-order valence-corrected chi connectivity index (χ4v) is 2.46. The zero-order valence-corrected chi connectivity index (χ0v) is 11.0. The van der Waals surface area contributed by atoms with E-state index in [-0.39, 0.29) is 0 Å². The molecule has 3 heteroatoms. The van der Waals surface area contributed by atoms with Gasteiger partial charge in [0.15, 0.2) is 0 Å². The maximum absolute atomic E-state index is 9.87. The molecule has 1 rings (SSSR count). The van der Waals surface area contributed by atoms with Gasteiger partial charge in [0, 0.05) is 8.95 Å². The van der Waals surface area contributed by atoms with E-state index < -0.39 is 5.60 Å². The lowest BCUT2D eigenvalue weighted by molar-refractivity contribution is 0.0777. The highest BCUT2D eigenvalue weighted by molar-refractivity contribution is 9.11. The Labute approximate surface area is 95.4 Å². The molecule has 0 spiro atoms. The van der Waals surface area contributed by atoms with Crippen LogP contribution in [0.1, 0.15) is 25.0 Å². The second kappa shape index (κ2) is 3.71. The Balaban J connectivity index is 3.37. The van der Waals surface area contributed by atoms with E-state index in [1.165, 1.54) is 0 Å². The highest BCUT2D eigenvalue weighted by atomic mass is 79.9. The van der Waals surface area contributed by atoms with Gasteiger partial charge >= 0.3 is 0 Å². The molecule has 0 radical (unpaired) electrons. The molecular formula is C10H12Br2O. The third-order valence-corrected chi connectivity index (χ3v) is 3.39. The average Bonchev–Trinajstić information content (AvgIpc) is 1.94. The topological polar surface area (TPSA) is 20.2 Å². The first-order chi connectivity index (χ1) is 5.82. The van der Waals surface area contributed by atoms with Crippen LogP contribution < -0.4 is 0 Å². The van der Waals surface area contributed by atoms with E-state index in [9.17, 15) is 5.11 Å². The van der Waals surface area contributed by atoms with Gasteiger partial charge in [-0.3, -0.25) is 0 Å². The van der Waals surface area contributed by atoms with E-state index in [2.05, 4.69) is 31.9 Å². The van der Waals surface area contributed by atoms with Crippen LogP contribution in [0.4, 0.5) is 0 Å². The molecule has 0 bridgehead atoms. The summed E-state index contributed by atoms with van der Waals surface area (Å²) >= 11 is 6.88. The molecule has 1 aromatic carbocycles. The molecule has 0 atom stereocenters. The van der Waals surface area contributed by atoms with Crippen molar-refractivity contribution in [3.05, 3.63) is 32.2 Å². The first-order valence-corrected chi connectivity index (χ1v) is 5.59. The van der Waals surface area contributed by atoms with Crippen LogP contribution in [0.3, 0.4) is 0 Å². The minimum absolute atomic E-state index is 0.812. The van der Waals surface area contributed by atoms with Gasteiger partial charge in [-0.25, -0.2) is 0 Å². The van der Waals surface area contributed by atoms with Crippen LogP contribution in [-0.4, -0.2) is 5.11 Å². The Morgan fingerprint density at radius 3 is 2.23 bits per heavy atom. The lowest BCUT2D eigenvalue weighted by Crippen LogP contribution is -2.16. The summed E-state index contributed by atoms with van der Waals surface area (Å²) in [6.45, 7) is 5.56. The lowest BCUT2D eigenvalue weighted by atomic mass is 9.97. The second-order valence-corrected chi connectivity index (χ2v) is 5.35. The lowest BCUT2D eigenvalue weighted by Gasteiger charge is -2.21. The molecule has 0 aromatic heterocycles. The number of hydrogen-bond donors (Lipinski definition) is 1. The van der Waals surface area contributed by atoms with Crippen molar-refractivity contribution in [3.8, 4) is 0 Å². The highest BCUT2D eigenvalue weighted by Crippen LogP contribution is 2.33. The van der Waals surface area contributed by atoms with Crippen molar-refractivity contribution in [2.75, 3.05) is 0 Å². The third kappa shape index (κ3) is 2.55. The molecule has 0 aliphatic rings. The van der Waals surface area contributed by atoms with E-state index in [1.54, 1.807) is 13.8 Å². The number of hydrogen-bond acceptors (Lipinski definition) is 1. The predicted molar refractivity (Wildman–Crippen MR) is 61.8 cm³/mol. The van der Waals surface area contributed by atoms with Crippen LogP contribution in [0.5, 0.6) is 0 Å². The van der Waals surface area contributed by atoms with E-state index >= 15 is 0 Å². The molecule has 72 valence electrons. The molecule has 0 unspecified atom stereocenters. The van der Waals surface area contributed by atoms with E-state index in [1.807, 2.05) is 19.1 Å². The molecule has 1 N–H and O–H groups in total. The maximum Gasteiger partial charge on any atom is 0.0851 e. The first-order valence-electron chi connectivity index (χ1n) is 4.01. The van der Waals surface area contributed by atoms with Crippen LogP contribution in [0.2, 0.25) is 0 Å². The standard InChI is InChI=1S/C10H12Br2O/c1-6-4-7(11)5-8(9(6)12)10(2,3)13/h4-5,13H,1-3H3. The van der Waals surface area contributed by atoms with Gasteiger partial charge in [-0.1, -0.05) is 31.9 Å². The van der Waals surface area contributed by atoms with E-state index in [0.29, 0.717) is 0 Å². The van der Waals surface area contributed by atoms with Crippen LogP contribution in [0, 0.1) is 6.92 Å². The summed E-state index contributed by atoms with van der Waals surface area (Å²) in [4.78, 5) is 0. The van der Waals surface area contributed by atoms with Crippen molar-refractivity contribution in [2.24, 2.45) is 0 Å². The molecule has 0 saturated carbocycles. The SMILES string of the molecule is Cc1cc(Br)cc(C(C)(C)O)c1Br. The zero-order valence-electron chi connectivity index (χ0n) is 7.86. The predicted octanol–water partition coefficient (Wildman–Crippen LogP) is 3.75. The molecule has 0 aliphatic carbocycles. The third-order valence-electron chi connectivity index (χ3n) is 1.88. The Kier molecular flexibility index (Phi) is 3.20. The van der Waals surface area contributed by atoms with E-state index in [4.69, 9.17) is 0 Å². The number of halogens is 2. The van der Waals surface area contributed by atoms with E-state index in [0.717, 1.165) is 20.1 Å². The number of rotatable bonds is 1. The van der Waals surface area contributed by atoms with Crippen LogP contribution in [0.25, 0.3) is 0 Å². The van der Waals surface area contributed by atoms with Gasteiger partial charge in [-0.2, -0.15) is 0 Å². The Bertz CT molecular complexity index is 326. The van der Waals surface area contributed by atoms with Crippen LogP contribution in [0.15, 0.2) is 21.1 Å². The number of aryl methyl sites for hydroxylation is 1. The van der Waals surface area contributed by atoms with Gasteiger partial charge in [0.1, 0.15) is 0 Å². The quantitative estimate of drug-likeness (QED) is 0.838. The normalized spacial score (nSPS) is 11.8. The van der Waals surface area contributed by atoms with Crippen molar-refractivity contribution >= 4 is 31.9 Å². The summed E-state index contributed by atoms with van der Waals surface area (Å²) in [6, 6.07) is 3.94. The molecule has 13 heavy (non-hydrogen) atoms. The van der Waals surface area contributed by atoms with Gasteiger partial charge in [0.25, 0.3) is 0 Å². The molecule has 1 aromatic rings. The Hall–Kier alpha value is 0.140. The number of benzene rings is 1. The summed E-state index contributed by atoms with van der Waals surface area (Å²) in [5, 5.41) is 9.87. The van der Waals surface area contributed by atoms with Crippen molar-refractivity contribution in [1.29, 1.82) is 0 Å². The molecule has 0 fully saturated rings. The van der Waals surface area contributed by atoms with Crippen molar-refractivity contribution < 1.29 is 5.11 Å². The molecule has 0 saturated heterocycles. The summed E-state index contributed by atoms with van der Waals surface area (Å²) in [6.07, 6.45) is 0. The molecule has 0 amide bonds. The summed E-state index contributed by atoms with van der Waals surface area (Å²) in [5.74, 6) is 0. The molecule has 1 nitrogen and oxygen atoms in total. The Morgan fingerprint density at radius 2 is 1.77 bits per heavy atom. The fraction of sp³-hybridized carbons (Fsp3) is 0.400. The minimum atomic E-state index is -0.812. The van der Waals surface area contributed by atoms with Crippen LogP contribution >= 0.6 is 31.9 Å². The summed E-state index contributed by atoms with van der Waals surface area (Å²) < 4.78 is 1.97. The zero-order chi connectivity index (χ0) is 10.2. The second-order valence-electron chi connectivity index (χ2n) is 3.64. The van der Waals surface area contributed by atoms with Gasteiger partial charge in [-0.15, -0.1) is 0 Å². The van der Waals surface area contributed by atoms with Crippen molar-refractivity contribution in [3.63, 3.8) is 0 Å². The van der Waals surface area contributed by atoms with Gasteiger partial charge in [0.05, 0.1) is 5.60 Å². The van der Waals surface area contributed by atoms with Crippen molar-refractivity contribution in [2.45, 2.75) is 26.4 Å². The van der Waals surface area contributed by atoms with Gasteiger partial charge in [0.2, 0.25) is 0 Å². The fourth-order valence-electron chi connectivity index (χ4n) is 1.17. The van der Waals surface area contributed by atoms with Gasteiger partial charge in [-0.05, 0) is 44.0 Å². The first kappa shape index (κ1) is 11.2.